The molecule has 1 aliphatic rings. The van der Waals surface area contributed by atoms with Gasteiger partial charge in [-0.1, -0.05) is 83.9 Å². The number of unbranched alkanes of at least 4 members (excludes halogenated alkanes) is 2. The van der Waals surface area contributed by atoms with Gasteiger partial charge in [0, 0.05) is 42.6 Å². The molecular formula is C35H49N2O2+. The van der Waals surface area contributed by atoms with Gasteiger partial charge >= 0.3 is 5.97 Å². The maximum Gasteiger partial charge on any atom is 0.338 e. The van der Waals surface area contributed by atoms with E-state index in [4.69, 9.17) is 4.74 Å². The largest absolute Gasteiger partial charge is 0.462 e. The molecule has 0 amide bonds. The van der Waals surface area contributed by atoms with Gasteiger partial charge in [0.15, 0.2) is 5.71 Å². The summed E-state index contributed by atoms with van der Waals surface area (Å²) in [4.78, 5) is 15.6. The third-order valence-electron chi connectivity index (χ3n) is 7.55. The molecule has 0 aliphatic carbocycles. The molecule has 0 radical (unpaired) electrons. The lowest BCUT2D eigenvalue weighted by molar-refractivity contribution is -0.438. The van der Waals surface area contributed by atoms with Crippen molar-refractivity contribution in [3.8, 4) is 0 Å². The second-order valence-electron chi connectivity index (χ2n) is 12.0. The number of allylic oxidation sites excluding steroid dienone is 1. The number of rotatable bonds is 12. The number of hydrogen-bond donors (Lipinski definition) is 0. The monoisotopic (exact) mass is 529 g/mol. The lowest BCUT2D eigenvalue weighted by atomic mass is 9.81. The molecule has 39 heavy (non-hydrogen) atoms. The van der Waals surface area contributed by atoms with Gasteiger partial charge in [0.25, 0.3) is 0 Å². The number of hydrogen-bond acceptors (Lipinski definition) is 3. The molecule has 2 aromatic carbocycles. The lowest BCUT2D eigenvalue weighted by Crippen LogP contribution is -2.29. The molecule has 0 saturated heterocycles. The summed E-state index contributed by atoms with van der Waals surface area (Å²) in [7, 11) is 0. The highest BCUT2D eigenvalue weighted by molar-refractivity contribution is 6.08. The number of esters is 1. The summed E-state index contributed by atoms with van der Waals surface area (Å²) in [5.74, 6) is -0.289. The van der Waals surface area contributed by atoms with Crippen LogP contribution in [0.5, 0.6) is 0 Å². The van der Waals surface area contributed by atoms with Crippen LogP contribution in [0.15, 0.2) is 72.5 Å². The quantitative estimate of drug-likeness (QED) is 0.120. The fourth-order valence-corrected chi connectivity index (χ4v) is 5.33. The van der Waals surface area contributed by atoms with E-state index < -0.39 is 0 Å². The van der Waals surface area contributed by atoms with Crippen LogP contribution in [-0.2, 0) is 20.4 Å². The maximum atomic E-state index is 13.3. The van der Waals surface area contributed by atoms with Gasteiger partial charge in [-0.25, -0.2) is 4.79 Å². The van der Waals surface area contributed by atoms with E-state index in [1.54, 1.807) is 0 Å². The van der Waals surface area contributed by atoms with Gasteiger partial charge in [0.1, 0.15) is 6.54 Å². The van der Waals surface area contributed by atoms with Gasteiger partial charge in [-0.3, -0.25) is 0 Å². The molecule has 4 nitrogen and oxygen atoms in total. The van der Waals surface area contributed by atoms with Crippen LogP contribution in [-0.4, -0.2) is 36.0 Å². The number of para-hydroxylation sites is 2. The summed E-state index contributed by atoms with van der Waals surface area (Å²) < 4.78 is 7.96. The first-order valence-corrected chi connectivity index (χ1v) is 14.7. The van der Waals surface area contributed by atoms with Crippen molar-refractivity contribution in [2.75, 3.05) is 24.6 Å². The molecule has 0 spiro atoms. The number of ether oxygens (including phenoxy) is 1. The van der Waals surface area contributed by atoms with Gasteiger partial charge in [-0.2, -0.15) is 4.58 Å². The number of benzene rings is 2. The molecule has 1 heterocycles. The number of anilines is 1. The van der Waals surface area contributed by atoms with Gasteiger partial charge in [-0.15, -0.1) is 0 Å². The van der Waals surface area contributed by atoms with Crippen molar-refractivity contribution in [2.24, 2.45) is 0 Å². The van der Waals surface area contributed by atoms with E-state index in [0.717, 1.165) is 44.5 Å². The minimum atomic E-state index is -0.289. The first-order valence-electron chi connectivity index (χ1n) is 14.7. The third-order valence-corrected chi connectivity index (χ3v) is 7.55. The van der Waals surface area contributed by atoms with E-state index in [0.29, 0.717) is 12.2 Å². The molecule has 210 valence electrons. The summed E-state index contributed by atoms with van der Waals surface area (Å²) in [5, 5.41) is 0. The zero-order valence-electron chi connectivity index (χ0n) is 25.5. The molecule has 4 heteroatoms. The Morgan fingerprint density at radius 3 is 2.31 bits per heavy atom. The van der Waals surface area contributed by atoms with Crippen molar-refractivity contribution in [3.05, 3.63) is 83.6 Å². The van der Waals surface area contributed by atoms with E-state index in [9.17, 15) is 4.79 Å². The highest BCUT2D eigenvalue weighted by Crippen LogP contribution is 2.40. The van der Waals surface area contributed by atoms with E-state index in [1.807, 2.05) is 13.0 Å². The fourth-order valence-electron chi connectivity index (χ4n) is 5.33. The second kappa shape index (κ2) is 13.3. The Hall–Kier alpha value is -3.14. The van der Waals surface area contributed by atoms with Crippen LogP contribution < -0.4 is 4.90 Å². The average molecular weight is 530 g/mol. The maximum absolute atomic E-state index is 13.3. The molecule has 0 fully saturated rings. The number of nitrogens with zero attached hydrogens (tertiary/aromatic N) is 2. The van der Waals surface area contributed by atoms with Gasteiger partial charge in [-0.05, 0) is 50.3 Å². The lowest BCUT2D eigenvalue weighted by Gasteiger charge is -2.29. The average Bonchev–Trinajstić information content (AvgIpc) is 3.12. The molecule has 2 aromatic rings. The van der Waals surface area contributed by atoms with Crippen LogP contribution in [0.1, 0.15) is 92.2 Å². The number of fused-ring (bicyclic) bond motifs is 1. The number of carbonyl (C=O) groups excluding carboxylic acids is 1. The van der Waals surface area contributed by atoms with Crippen molar-refractivity contribution in [2.45, 2.75) is 91.9 Å². The normalized spacial score (nSPS) is 15.1. The summed E-state index contributed by atoms with van der Waals surface area (Å²) in [6.45, 7) is 19.7. The molecule has 0 atom stereocenters. The van der Waals surface area contributed by atoms with Crippen LogP contribution in [0.2, 0.25) is 0 Å². The van der Waals surface area contributed by atoms with E-state index in [1.165, 1.54) is 22.5 Å². The Bertz CT molecular complexity index is 1230. The van der Waals surface area contributed by atoms with Crippen molar-refractivity contribution in [3.63, 3.8) is 0 Å². The molecule has 1 aliphatic heterocycles. The van der Waals surface area contributed by atoms with Gasteiger partial charge < -0.3 is 9.64 Å². The zero-order chi connectivity index (χ0) is 28.6. The molecule has 3 rings (SSSR count). The molecule has 0 bridgehead atoms. The first-order chi connectivity index (χ1) is 18.6. The molecule has 0 saturated carbocycles. The summed E-state index contributed by atoms with van der Waals surface area (Å²) in [6.07, 6.45) is 10.5. The summed E-state index contributed by atoms with van der Waals surface area (Å²) in [6, 6.07) is 17.2. The molecular weight excluding hydrogens is 480 g/mol. The predicted octanol–water partition coefficient (Wildman–Crippen LogP) is 8.47. The van der Waals surface area contributed by atoms with E-state index in [2.05, 4.69) is 119 Å². The Morgan fingerprint density at radius 1 is 0.974 bits per heavy atom. The minimum absolute atomic E-state index is 0.00396. The Kier molecular flexibility index (Phi) is 10.4. The fraction of sp³-hybridized carbons (Fsp3) is 0.486. The smallest absolute Gasteiger partial charge is 0.338 e. The molecule has 0 N–H and O–H groups in total. The van der Waals surface area contributed by atoms with E-state index >= 15 is 0 Å². The topological polar surface area (TPSA) is 32.5 Å². The van der Waals surface area contributed by atoms with Crippen LogP contribution >= 0.6 is 0 Å². The molecule has 0 aromatic heterocycles. The van der Waals surface area contributed by atoms with Crippen molar-refractivity contribution >= 4 is 23.1 Å². The minimum Gasteiger partial charge on any atom is -0.462 e. The van der Waals surface area contributed by atoms with Crippen molar-refractivity contribution in [1.29, 1.82) is 0 Å². The Labute approximate surface area is 237 Å². The SMILES string of the molecule is CCCCN(/C=C/C(=C/C1=[N+](CCCC)c2ccccc2C1(C)C)C(=O)OCC)c1ccccc1C(C)(C)C. The van der Waals surface area contributed by atoms with Crippen LogP contribution in [0.25, 0.3) is 0 Å². The van der Waals surface area contributed by atoms with Crippen molar-refractivity contribution in [1.82, 2.24) is 0 Å². The predicted molar refractivity (Wildman–Crippen MR) is 165 cm³/mol. The second-order valence-corrected chi connectivity index (χ2v) is 12.0. The highest BCUT2D eigenvalue weighted by Gasteiger charge is 2.44. The summed E-state index contributed by atoms with van der Waals surface area (Å²) >= 11 is 0. The standard InChI is InChI=1S/C35H49N2O2/c1-9-12-23-36(30-20-16-14-18-28(30)34(4,5)6)25-22-27(33(38)39-11-3)26-32-35(7,8)29-19-15-17-21-31(29)37(32)24-13-10-2/h14-22,25-26H,9-13,23-24H2,1-8H3/q+1. The Morgan fingerprint density at radius 2 is 1.64 bits per heavy atom. The van der Waals surface area contributed by atoms with Crippen LogP contribution in [0.4, 0.5) is 11.4 Å². The Balaban J connectivity index is 2.14. The van der Waals surface area contributed by atoms with Gasteiger partial charge in [0.2, 0.25) is 5.69 Å². The van der Waals surface area contributed by atoms with E-state index in [-0.39, 0.29) is 16.8 Å². The van der Waals surface area contributed by atoms with Crippen LogP contribution in [0.3, 0.4) is 0 Å². The first kappa shape index (κ1) is 30.4. The highest BCUT2D eigenvalue weighted by atomic mass is 16.5. The van der Waals surface area contributed by atoms with Gasteiger partial charge in [0.05, 0.1) is 17.6 Å². The zero-order valence-corrected chi connectivity index (χ0v) is 25.5. The summed E-state index contributed by atoms with van der Waals surface area (Å²) in [5.41, 5.74) is 6.50. The van der Waals surface area contributed by atoms with Crippen molar-refractivity contribution < 1.29 is 14.1 Å². The van der Waals surface area contributed by atoms with Crippen LogP contribution in [0, 0.1) is 0 Å². The third kappa shape index (κ3) is 7.09. The molecule has 0 unspecified atom stereocenters. The number of carbonyl (C=O) groups is 1.